The van der Waals surface area contributed by atoms with E-state index in [2.05, 4.69) is 23.0 Å². The van der Waals surface area contributed by atoms with Crippen molar-refractivity contribution in [3.63, 3.8) is 0 Å². The van der Waals surface area contributed by atoms with E-state index >= 15 is 0 Å². The van der Waals surface area contributed by atoms with Crippen LogP contribution in [-0.4, -0.2) is 12.7 Å². The summed E-state index contributed by atoms with van der Waals surface area (Å²) in [5, 5.41) is 0. The molecule has 0 radical (unpaired) electrons. The molecular weight excluding hydrogens is 166 g/mol. The second kappa shape index (κ2) is 5.41. The summed E-state index contributed by atoms with van der Waals surface area (Å²) in [7, 11) is 0. The highest BCUT2D eigenvalue weighted by Crippen LogP contribution is 2.14. The molecule has 0 saturated carbocycles. The molecule has 2 N–H and O–H groups in total. The van der Waals surface area contributed by atoms with Crippen LogP contribution in [0.4, 0.5) is 4.79 Å². The van der Waals surface area contributed by atoms with Gasteiger partial charge in [0.15, 0.2) is 0 Å². The van der Waals surface area contributed by atoms with Crippen molar-refractivity contribution in [3.05, 3.63) is 23.8 Å². The number of carbonyl (C=O) groups excluding carboxylic acids is 1. The van der Waals surface area contributed by atoms with Gasteiger partial charge in [0.05, 0.1) is 6.61 Å². The minimum absolute atomic E-state index is 0.417. The number of carbonyl (C=O) groups is 1. The van der Waals surface area contributed by atoms with Crippen molar-refractivity contribution >= 4 is 6.09 Å². The molecule has 0 bridgehead atoms. The van der Waals surface area contributed by atoms with Crippen molar-refractivity contribution in [2.24, 2.45) is 5.73 Å². The number of hydrogen-bond donors (Lipinski definition) is 1. The van der Waals surface area contributed by atoms with Crippen LogP contribution in [0.15, 0.2) is 23.8 Å². The molecule has 0 aromatic carbocycles. The highest BCUT2D eigenvalue weighted by Gasteiger charge is 1.98. The molecule has 0 saturated heterocycles. The maximum Gasteiger partial charge on any atom is 0.404 e. The smallest absolute Gasteiger partial charge is 0.404 e. The van der Waals surface area contributed by atoms with Gasteiger partial charge in [-0.05, 0) is 25.7 Å². The molecule has 0 aromatic heterocycles. The molecule has 0 fully saturated rings. The van der Waals surface area contributed by atoms with Gasteiger partial charge in [0.2, 0.25) is 0 Å². The van der Waals surface area contributed by atoms with Crippen LogP contribution < -0.4 is 5.73 Å². The molecule has 3 heteroatoms. The average Bonchev–Trinajstić information content (AvgIpc) is 2.14. The number of amides is 1. The molecule has 0 unspecified atom stereocenters. The number of hydrogen-bond acceptors (Lipinski definition) is 2. The predicted octanol–water partition coefficient (Wildman–Crippen LogP) is 2.14. The van der Waals surface area contributed by atoms with Gasteiger partial charge in [-0.15, -0.1) is 0 Å². The van der Waals surface area contributed by atoms with E-state index in [1.165, 1.54) is 5.57 Å². The van der Waals surface area contributed by atoms with Crippen molar-refractivity contribution in [1.82, 2.24) is 0 Å². The average molecular weight is 181 g/mol. The van der Waals surface area contributed by atoms with Crippen LogP contribution in [-0.2, 0) is 4.74 Å². The van der Waals surface area contributed by atoms with Crippen LogP contribution in [0.25, 0.3) is 0 Å². The number of rotatable bonds is 4. The van der Waals surface area contributed by atoms with E-state index in [1.54, 1.807) is 0 Å². The first-order valence-corrected chi connectivity index (χ1v) is 4.57. The predicted molar refractivity (Wildman–Crippen MR) is 51.2 cm³/mol. The normalized spacial score (nSPS) is 15.2. The van der Waals surface area contributed by atoms with Crippen molar-refractivity contribution in [2.75, 3.05) is 6.61 Å². The Morgan fingerprint density at radius 3 is 3.00 bits per heavy atom. The minimum atomic E-state index is -0.687. The molecule has 0 aliphatic heterocycles. The van der Waals surface area contributed by atoms with Gasteiger partial charge in [-0.3, -0.25) is 0 Å². The summed E-state index contributed by atoms with van der Waals surface area (Å²) < 4.78 is 4.62. The first kappa shape index (κ1) is 9.84. The zero-order valence-electron chi connectivity index (χ0n) is 7.66. The first-order valence-electron chi connectivity index (χ1n) is 4.57. The van der Waals surface area contributed by atoms with Gasteiger partial charge >= 0.3 is 6.09 Å². The van der Waals surface area contributed by atoms with Crippen LogP contribution in [0.3, 0.4) is 0 Å². The Kier molecular flexibility index (Phi) is 4.09. The zero-order chi connectivity index (χ0) is 9.52. The molecule has 72 valence electrons. The fraction of sp³-hybridized carbons (Fsp3) is 0.500. The number of ether oxygens (including phenoxy) is 1. The largest absolute Gasteiger partial charge is 0.450 e. The second-order valence-electron chi connectivity index (χ2n) is 3.03. The van der Waals surface area contributed by atoms with E-state index in [4.69, 9.17) is 5.73 Å². The summed E-state index contributed by atoms with van der Waals surface area (Å²) in [6.45, 7) is 0.417. The Balaban J connectivity index is 2.08. The van der Waals surface area contributed by atoms with E-state index in [1.807, 2.05) is 0 Å². The fourth-order valence-corrected chi connectivity index (χ4v) is 1.30. The summed E-state index contributed by atoms with van der Waals surface area (Å²) in [5.41, 5.74) is 6.15. The quantitative estimate of drug-likeness (QED) is 0.675. The third-order valence-electron chi connectivity index (χ3n) is 1.93. The van der Waals surface area contributed by atoms with Crippen molar-refractivity contribution in [3.8, 4) is 0 Å². The van der Waals surface area contributed by atoms with Crippen molar-refractivity contribution < 1.29 is 9.53 Å². The van der Waals surface area contributed by atoms with E-state index in [9.17, 15) is 4.79 Å². The second-order valence-corrected chi connectivity index (χ2v) is 3.03. The maximum absolute atomic E-state index is 10.2. The van der Waals surface area contributed by atoms with E-state index < -0.39 is 6.09 Å². The van der Waals surface area contributed by atoms with E-state index in [0.717, 1.165) is 25.7 Å². The molecular formula is C10H15NO2. The maximum atomic E-state index is 10.2. The van der Waals surface area contributed by atoms with Gasteiger partial charge in [-0.2, -0.15) is 0 Å². The van der Waals surface area contributed by atoms with Crippen LogP contribution >= 0.6 is 0 Å². The molecule has 0 atom stereocenters. The molecule has 3 nitrogen and oxygen atoms in total. The van der Waals surface area contributed by atoms with Crippen LogP contribution in [0.2, 0.25) is 0 Å². The van der Waals surface area contributed by atoms with Gasteiger partial charge in [-0.1, -0.05) is 23.8 Å². The van der Waals surface area contributed by atoms with Crippen molar-refractivity contribution in [2.45, 2.75) is 25.7 Å². The first-order chi connectivity index (χ1) is 6.29. The van der Waals surface area contributed by atoms with E-state index in [0.29, 0.717) is 6.61 Å². The number of nitrogens with two attached hydrogens (primary N) is 1. The molecule has 1 rings (SSSR count). The summed E-state index contributed by atoms with van der Waals surface area (Å²) in [5.74, 6) is 0. The Morgan fingerprint density at radius 2 is 2.38 bits per heavy atom. The lowest BCUT2D eigenvalue weighted by Gasteiger charge is -2.06. The molecule has 13 heavy (non-hydrogen) atoms. The Hall–Kier alpha value is -1.25. The van der Waals surface area contributed by atoms with Gasteiger partial charge in [0, 0.05) is 0 Å². The lowest BCUT2D eigenvalue weighted by molar-refractivity contribution is 0.155. The summed E-state index contributed by atoms with van der Waals surface area (Å²) >= 11 is 0. The van der Waals surface area contributed by atoms with Gasteiger partial charge < -0.3 is 10.5 Å². The molecule has 0 aromatic rings. The summed E-state index contributed by atoms with van der Waals surface area (Å²) in [4.78, 5) is 10.2. The highest BCUT2D eigenvalue weighted by atomic mass is 16.5. The Morgan fingerprint density at radius 1 is 1.54 bits per heavy atom. The summed E-state index contributed by atoms with van der Waals surface area (Å²) in [6.07, 6.45) is 9.92. The molecule has 1 aliphatic rings. The van der Waals surface area contributed by atoms with Crippen LogP contribution in [0.5, 0.6) is 0 Å². The molecule has 0 spiro atoms. The lowest BCUT2D eigenvalue weighted by atomic mass is 10.0. The zero-order valence-corrected chi connectivity index (χ0v) is 7.66. The lowest BCUT2D eigenvalue weighted by Crippen LogP contribution is -2.13. The molecule has 0 heterocycles. The molecule has 1 aliphatic carbocycles. The van der Waals surface area contributed by atoms with Gasteiger partial charge in [0.25, 0.3) is 0 Å². The summed E-state index contributed by atoms with van der Waals surface area (Å²) in [6, 6.07) is 0. The minimum Gasteiger partial charge on any atom is -0.450 e. The molecule has 1 amide bonds. The number of allylic oxidation sites excluding steroid dienone is 4. The third kappa shape index (κ3) is 4.35. The number of primary amides is 1. The van der Waals surface area contributed by atoms with Crippen molar-refractivity contribution in [1.29, 1.82) is 0 Å². The Labute approximate surface area is 78.3 Å². The van der Waals surface area contributed by atoms with Gasteiger partial charge in [0.1, 0.15) is 0 Å². The standard InChI is InChI=1S/C10H15NO2/c11-10(12)13-8-4-7-9-5-2-1-3-6-9/h2,5-6H,1,3-4,7-8H2,(H2,11,12). The van der Waals surface area contributed by atoms with Crippen LogP contribution in [0, 0.1) is 0 Å². The fourth-order valence-electron chi connectivity index (χ4n) is 1.30. The van der Waals surface area contributed by atoms with Gasteiger partial charge in [-0.25, -0.2) is 4.79 Å². The van der Waals surface area contributed by atoms with E-state index in [-0.39, 0.29) is 0 Å². The SMILES string of the molecule is NC(=O)OCCCC1=CCCC=C1. The highest BCUT2D eigenvalue weighted by molar-refractivity contribution is 5.64. The Bertz CT molecular complexity index is 231. The monoisotopic (exact) mass is 181 g/mol. The topological polar surface area (TPSA) is 52.3 Å². The van der Waals surface area contributed by atoms with Crippen LogP contribution in [0.1, 0.15) is 25.7 Å². The third-order valence-corrected chi connectivity index (χ3v) is 1.93.